The first-order valence-corrected chi connectivity index (χ1v) is 9.22. The predicted octanol–water partition coefficient (Wildman–Crippen LogP) is 5.39. The average molecular weight is 405 g/mol. The summed E-state index contributed by atoms with van der Waals surface area (Å²) < 4.78 is 10.9. The van der Waals surface area contributed by atoms with Crippen molar-refractivity contribution >= 4 is 35.0 Å². The third-order valence-electron chi connectivity index (χ3n) is 3.37. The zero-order valence-electron chi connectivity index (χ0n) is 13.1. The quantitative estimate of drug-likeness (QED) is 0.412. The van der Waals surface area contributed by atoms with Gasteiger partial charge in [-0.05, 0) is 36.4 Å². The summed E-state index contributed by atoms with van der Waals surface area (Å²) in [5.74, 6) is 1.77. The molecule has 0 aliphatic carbocycles. The summed E-state index contributed by atoms with van der Waals surface area (Å²) in [5.41, 5.74) is 1.59. The van der Waals surface area contributed by atoms with Crippen LogP contribution in [-0.4, -0.2) is 20.3 Å². The molecule has 0 radical (unpaired) electrons. The van der Waals surface area contributed by atoms with Crippen LogP contribution < -0.4 is 0 Å². The maximum absolute atomic E-state index is 5.98. The Morgan fingerprint density at radius 1 is 0.923 bits per heavy atom. The molecule has 0 aliphatic rings. The summed E-state index contributed by atoms with van der Waals surface area (Å²) >= 11 is 13.2. The molecule has 0 spiro atoms. The maximum atomic E-state index is 5.98. The fourth-order valence-electron chi connectivity index (χ4n) is 2.16. The lowest BCUT2D eigenvalue weighted by molar-refractivity contribution is 0.391. The van der Waals surface area contributed by atoms with E-state index >= 15 is 0 Å². The van der Waals surface area contributed by atoms with Gasteiger partial charge in [-0.15, -0.1) is 10.2 Å². The molecule has 26 heavy (non-hydrogen) atoms. The van der Waals surface area contributed by atoms with Crippen molar-refractivity contribution in [2.45, 2.75) is 11.0 Å². The lowest BCUT2D eigenvalue weighted by Crippen LogP contribution is -1.83. The second kappa shape index (κ2) is 7.49. The zero-order chi connectivity index (χ0) is 17.9. The number of hydrogen-bond donors (Lipinski definition) is 0. The highest BCUT2D eigenvalue weighted by Crippen LogP contribution is 2.27. The van der Waals surface area contributed by atoms with Crippen molar-refractivity contribution in [1.82, 2.24) is 20.3 Å². The Kier molecular flexibility index (Phi) is 4.92. The number of hydrogen-bond acceptors (Lipinski definition) is 7. The first kappa shape index (κ1) is 17.1. The van der Waals surface area contributed by atoms with Crippen LogP contribution in [-0.2, 0) is 5.75 Å². The highest BCUT2D eigenvalue weighted by molar-refractivity contribution is 7.98. The van der Waals surface area contributed by atoms with E-state index in [0.717, 1.165) is 11.1 Å². The largest absolute Gasteiger partial charge is 0.411 e. The molecule has 0 bridgehead atoms. The number of aromatic nitrogens is 4. The van der Waals surface area contributed by atoms with Crippen LogP contribution in [0.1, 0.15) is 5.89 Å². The van der Waals surface area contributed by atoms with Crippen LogP contribution >= 0.6 is 35.0 Å². The van der Waals surface area contributed by atoms with Gasteiger partial charge in [0.1, 0.15) is 0 Å². The van der Waals surface area contributed by atoms with Gasteiger partial charge in [-0.1, -0.05) is 52.3 Å². The second-order valence-electron chi connectivity index (χ2n) is 5.19. The van der Waals surface area contributed by atoms with Gasteiger partial charge >= 0.3 is 0 Å². The molecule has 130 valence electrons. The van der Waals surface area contributed by atoms with Crippen LogP contribution in [0.15, 0.2) is 62.7 Å². The van der Waals surface area contributed by atoms with Gasteiger partial charge in [0.05, 0.1) is 5.75 Å². The molecule has 0 fully saturated rings. The van der Waals surface area contributed by atoms with Gasteiger partial charge < -0.3 is 8.94 Å². The van der Waals surface area contributed by atoms with Crippen LogP contribution in [0, 0.1) is 0 Å². The van der Waals surface area contributed by atoms with E-state index in [2.05, 4.69) is 20.3 Å². The third-order valence-corrected chi connectivity index (χ3v) is 4.66. The van der Waals surface area contributed by atoms with Gasteiger partial charge in [-0.3, -0.25) is 0 Å². The summed E-state index contributed by atoms with van der Waals surface area (Å²) in [5, 5.41) is 13.7. The minimum Gasteiger partial charge on any atom is -0.411 e. The fraction of sp³-hybridized carbons (Fsp3) is 0.0588. The molecule has 0 unspecified atom stereocenters. The SMILES string of the molecule is Clc1ccc(-c2nnc(SCc3nc(-c4cccc(Cl)c4)no3)o2)cc1. The molecule has 4 aromatic rings. The maximum Gasteiger partial charge on any atom is 0.277 e. The molecule has 0 amide bonds. The van der Waals surface area contributed by atoms with E-state index in [-0.39, 0.29) is 0 Å². The summed E-state index contributed by atoms with van der Waals surface area (Å²) in [6.07, 6.45) is 0. The lowest BCUT2D eigenvalue weighted by Gasteiger charge is -1.94. The molecule has 9 heteroatoms. The molecule has 2 aromatic heterocycles. The van der Waals surface area contributed by atoms with E-state index < -0.39 is 0 Å². The molecule has 2 aromatic carbocycles. The topological polar surface area (TPSA) is 77.8 Å². The first-order chi connectivity index (χ1) is 12.7. The van der Waals surface area contributed by atoms with E-state index in [1.165, 1.54) is 11.8 Å². The number of halogens is 2. The van der Waals surface area contributed by atoms with Gasteiger partial charge in [0.15, 0.2) is 0 Å². The van der Waals surface area contributed by atoms with Crippen LogP contribution in [0.2, 0.25) is 10.0 Å². The molecule has 2 heterocycles. The monoisotopic (exact) mass is 404 g/mol. The zero-order valence-corrected chi connectivity index (χ0v) is 15.4. The van der Waals surface area contributed by atoms with E-state index in [1.807, 2.05) is 24.3 Å². The smallest absolute Gasteiger partial charge is 0.277 e. The average Bonchev–Trinajstić information content (AvgIpc) is 3.30. The molecular formula is C17H10Cl2N4O2S. The Morgan fingerprint density at radius 3 is 2.58 bits per heavy atom. The van der Waals surface area contributed by atoms with Crippen molar-refractivity contribution in [2.75, 3.05) is 0 Å². The molecule has 0 atom stereocenters. The minimum absolute atomic E-state index is 0.413. The lowest BCUT2D eigenvalue weighted by atomic mass is 10.2. The van der Waals surface area contributed by atoms with Gasteiger partial charge in [0.2, 0.25) is 17.6 Å². The van der Waals surface area contributed by atoms with Crippen LogP contribution in [0.3, 0.4) is 0 Å². The third kappa shape index (κ3) is 3.90. The van der Waals surface area contributed by atoms with Gasteiger partial charge in [0.25, 0.3) is 5.22 Å². The van der Waals surface area contributed by atoms with E-state index in [4.69, 9.17) is 32.1 Å². The number of rotatable bonds is 5. The van der Waals surface area contributed by atoms with Crippen molar-refractivity contribution in [2.24, 2.45) is 0 Å². The summed E-state index contributed by atoms with van der Waals surface area (Å²) in [6.45, 7) is 0. The fourth-order valence-corrected chi connectivity index (χ4v) is 3.08. The van der Waals surface area contributed by atoms with Crippen LogP contribution in [0.5, 0.6) is 0 Å². The second-order valence-corrected chi connectivity index (χ2v) is 6.99. The Bertz CT molecular complexity index is 1030. The number of thioether (sulfide) groups is 1. The van der Waals surface area contributed by atoms with Crippen molar-refractivity contribution in [3.05, 3.63) is 64.5 Å². The normalized spacial score (nSPS) is 11.0. The van der Waals surface area contributed by atoms with Gasteiger partial charge in [0, 0.05) is 21.2 Å². The van der Waals surface area contributed by atoms with Gasteiger partial charge in [-0.2, -0.15) is 4.98 Å². The molecule has 4 rings (SSSR count). The Morgan fingerprint density at radius 2 is 1.77 bits per heavy atom. The van der Waals surface area contributed by atoms with E-state index in [9.17, 15) is 0 Å². The number of benzene rings is 2. The molecule has 0 saturated carbocycles. The Balaban J connectivity index is 1.43. The molecule has 0 N–H and O–H groups in total. The van der Waals surface area contributed by atoms with Crippen molar-refractivity contribution in [3.63, 3.8) is 0 Å². The molecule has 6 nitrogen and oxygen atoms in total. The highest BCUT2D eigenvalue weighted by Gasteiger charge is 2.13. The standard InChI is InChI=1S/C17H10Cl2N4O2S/c18-12-6-4-10(5-7-12)16-21-22-17(24-16)26-9-14-20-15(23-25-14)11-2-1-3-13(19)8-11/h1-8H,9H2. The van der Waals surface area contributed by atoms with Crippen LogP contribution in [0.25, 0.3) is 22.8 Å². The Hall–Kier alpha value is -2.35. The summed E-state index contributed by atoms with van der Waals surface area (Å²) in [4.78, 5) is 4.35. The van der Waals surface area contributed by atoms with Gasteiger partial charge in [-0.25, -0.2) is 0 Å². The number of nitrogens with zero attached hydrogens (tertiary/aromatic N) is 4. The summed E-state index contributed by atoms with van der Waals surface area (Å²) in [6, 6.07) is 14.4. The van der Waals surface area contributed by atoms with E-state index in [0.29, 0.717) is 38.6 Å². The Labute approximate surface area is 162 Å². The first-order valence-electron chi connectivity index (χ1n) is 7.48. The highest BCUT2D eigenvalue weighted by atomic mass is 35.5. The van der Waals surface area contributed by atoms with Crippen LogP contribution in [0.4, 0.5) is 0 Å². The van der Waals surface area contributed by atoms with Crippen molar-refractivity contribution < 1.29 is 8.94 Å². The van der Waals surface area contributed by atoms with Crippen molar-refractivity contribution in [1.29, 1.82) is 0 Å². The predicted molar refractivity (Wildman–Crippen MR) is 99.0 cm³/mol. The molecule has 0 saturated heterocycles. The molecular weight excluding hydrogens is 395 g/mol. The molecule has 0 aliphatic heterocycles. The minimum atomic E-state index is 0.413. The van der Waals surface area contributed by atoms with Crippen molar-refractivity contribution in [3.8, 4) is 22.8 Å². The summed E-state index contributed by atoms with van der Waals surface area (Å²) in [7, 11) is 0. The van der Waals surface area contributed by atoms with E-state index in [1.54, 1.807) is 24.3 Å².